The van der Waals surface area contributed by atoms with Crippen LogP contribution < -0.4 is 5.73 Å². The summed E-state index contributed by atoms with van der Waals surface area (Å²) in [5, 5.41) is 11.4. The van der Waals surface area contributed by atoms with E-state index >= 15 is 0 Å². The van der Waals surface area contributed by atoms with Gasteiger partial charge >= 0.3 is 0 Å². The maximum absolute atomic E-state index is 13.5. The lowest BCUT2D eigenvalue weighted by Gasteiger charge is -2.04. The van der Waals surface area contributed by atoms with Crippen LogP contribution in [0.4, 0.5) is 4.39 Å². The third-order valence-corrected chi connectivity index (χ3v) is 2.54. The Morgan fingerprint density at radius 1 is 1.41 bits per heavy atom. The van der Waals surface area contributed by atoms with Gasteiger partial charge in [-0.05, 0) is 41.9 Å². The molecule has 0 unspecified atom stereocenters. The van der Waals surface area contributed by atoms with Crippen LogP contribution in [0.5, 0.6) is 0 Å². The summed E-state index contributed by atoms with van der Waals surface area (Å²) in [4.78, 5) is 0. The molecule has 1 aromatic heterocycles. The molecule has 0 radical (unpaired) electrons. The third-order valence-electron chi connectivity index (χ3n) is 2.54. The largest absolute Gasteiger partial charge is 0.330 e. The molecule has 5 nitrogen and oxygen atoms in total. The summed E-state index contributed by atoms with van der Waals surface area (Å²) in [6, 6.07) is 4.97. The summed E-state index contributed by atoms with van der Waals surface area (Å²) in [6.45, 7) is 2.92. The Bertz CT molecular complexity index is 508. The maximum atomic E-state index is 13.5. The minimum Gasteiger partial charge on any atom is -0.330 e. The second-order valence-electron chi connectivity index (χ2n) is 3.83. The number of benzene rings is 1. The van der Waals surface area contributed by atoms with Crippen LogP contribution in [-0.4, -0.2) is 26.8 Å². The zero-order valence-corrected chi connectivity index (χ0v) is 9.60. The van der Waals surface area contributed by atoms with Crippen molar-refractivity contribution < 1.29 is 4.39 Å². The van der Waals surface area contributed by atoms with Crippen LogP contribution in [-0.2, 0) is 6.54 Å². The SMILES string of the molecule is Cc1ccc(-c2nnnn2CCCN)cc1F. The molecular formula is C11H14FN5. The average molecular weight is 235 g/mol. The first kappa shape index (κ1) is 11.7. The van der Waals surface area contributed by atoms with Crippen LogP contribution in [0.25, 0.3) is 11.4 Å². The van der Waals surface area contributed by atoms with E-state index < -0.39 is 0 Å². The molecule has 2 rings (SSSR count). The molecule has 0 fully saturated rings. The summed E-state index contributed by atoms with van der Waals surface area (Å²) in [6.07, 6.45) is 0.784. The Kier molecular flexibility index (Phi) is 3.43. The molecule has 0 spiro atoms. The highest BCUT2D eigenvalue weighted by atomic mass is 19.1. The number of hydrogen-bond donors (Lipinski definition) is 1. The first-order valence-corrected chi connectivity index (χ1v) is 5.45. The van der Waals surface area contributed by atoms with Crippen molar-refractivity contribution in [1.82, 2.24) is 20.2 Å². The number of rotatable bonds is 4. The van der Waals surface area contributed by atoms with Gasteiger partial charge < -0.3 is 5.73 Å². The summed E-state index contributed by atoms with van der Waals surface area (Å²) < 4.78 is 15.1. The number of aromatic nitrogens is 4. The number of aryl methyl sites for hydroxylation is 2. The predicted molar refractivity (Wildman–Crippen MR) is 61.6 cm³/mol. The number of halogens is 1. The molecule has 0 atom stereocenters. The van der Waals surface area contributed by atoms with Gasteiger partial charge in [-0.1, -0.05) is 12.1 Å². The van der Waals surface area contributed by atoms with E-state index in [2.05, 4.69) is 15.5 Å². The van der Waals surface area contributed by atoms with Crippen LogP contribution in [0.1, 0.15) is 12.0 Å². The van der Waals surface area contributed by atoms with E-state index in [1.807, 2.05) is 6.07 Å². The van der Waals surface area contributed by atoms with Crippen molar-refractivity contribution in [2.24, 2.45) is 5.73 Å². The fourth-order valence-corrected chi connectivity index (χ4v) is 1.54. The van der Waals surface area contributed by atoms with E-state index in [-0.39, 0.29) is 5.82 Å². The minimum absolute atomic E-state index is 0.254. The Labute approximate surface area is 98.4 Å². The van der Waals surface area contributed by atoms with Gasteiger partial charge in [0, 0.05) is 12.1 Å². The zero-order chi connectivity index (χ0) is 12.3. The molecule has 0 amide bonds. The Morgan fingerprint density at radius 2 is 2.24 bits per heavy atom. The molecule has 1 aromatic carbocycles. The summed E-state index contributed by atoms with van der Waals surface area (Å²) in [5.74, 6) is 0.313. The fourth-order valence-electron chi connectivity index (χ4n) is 1.54. The average Bonchev–Trinajstić information content (AvgIpc) is 2.78. The van der Waals surface area contributed by atoms with Crippen molar-refractivity contribution in [2.45, 2.75) is 19.9 Å². The number of nitrogens with zero attached hydrogens (tertiary/aromatic N) is 4. The molecule has 17 heavy (non-hydrogen) atoms. The number of hydrogen-bond acceptors (Lipinski definition) is 4. The molecule has 0 aliphatic carbocycles. The third kappa shape index (κ3) is 2.47. The molecule has 6 heteroatoms. The molecule has 0 saturated carbocycles. The van der Waals surface area contributed by atoms with E-state index in [1.54, 1.807) is 17.7 Å². The second kappa shape index (κ2) is 5.01. The smallest absolute Gasteiger partial charge is 0.182 e. The zero-order valence-electron chi connectivity index (χ0n) is 9.60. The Hall–Kier alpha value is -1.82. The molecule has 0 bridgehead atoms. The van der Waals surface area contributed by atoms with Crippen molar-refractivity contribution in [1.29, 1.82) is 0 Å². The number of tetrazole rings is 1. The molecule has 1 heterocycles. The van der Waals surface area contributed by atoms with Crippen LogP contribution in [0.15, 0.2) is 18.2 Å². The van der Waals surface area contributed by atoms with Crippen LogP contribution in [0.2, 0.25) is 0 Å². The second-order valence-corrected chi connectivity index (χ2v) is 3.83. The molecule has 0 aliphatic rings. The van der Waals surface area contributed by atoms with Crippen LogP contribution in [0.3, 0.4) is 0 Å². The van der Waals surface area contributed by atoms with Crippen LogP contribution >= 0.6 is 0 Å². The van der Waals surface area contributed by atoms with Crippen molar-refractivity contribution in [3.8, 4) is 11.4 Å². The first-order valence-electron chi connectivity index (χ1n) is 5.45. The first-order chi connectivity index (χ1) is 8.22. The molecular weight excluding hydrogens is 221 g/mol. The molecule has 0 aliphatic heterocycles. The van der Waals surface area contributed by atoms with Crippen molar-refractivity contribution >= 4 is 0 Å². The van der Waals surface area contributed by atoms with Gasteiger partial charge in [0.15, 0.2) is 5.82 Å². The van der Waals surface area contributed by atoms with E-state index in [4.69, 9.17) is 5.73 Å². The van der Waals surface area contributed by atoms with Gasteiger partial charge in [0.05, 0.1) is 0 Å². The summed E-state index contributed by atoms with van der Waals surface area (Å²) in [5.41, 5.74) is 6.72. The lowest BCUT2D eigenvalue weighted by atomic mass is 10.1. The fraction of sp³-hybridized carbons (Fsp3) is 0.364. The van der Waals surface area contributed by atoms with Gasteiger partial charge in [-0.2, -0.15) is 0 Å². The Morgan fingerprint density at radius 3 is 2.94 bits per heavy atom. The highest BCUT2D eigenvalue weighted by molar-refractivity contribution is 5.55. The lowest BCUT2D eigenvalue weighted by Crippen LogP contribution is -2.08. The maximum Gasteiger partial charge on any atom is 0.182 e. The van der Waals surface area contributed by atoms with Gasteiger partial charge in [-0.3, -0.25) is 0 Å². The number of nitrogens with two attached hydrogens (primary N) is 1. The van der Waals surface area contributed by atoms with Crippen molar-refractivity contribution in [3.63, 3.8) is 0 Å². The van der Waals surface area contributed by atoms with E-state index in [9.17, 15) is 4.39 Å². The minimum atomic E-state index is -0.254. The van der Waals surface area contributed by atoms with Gasteiger partial charge in [0.1, 0.15) is 5.82 Å². The highest BCUT2D eigenvalue weighted by Crippen LogP contribution is 2.19. The monoisotopic (exact) mass is 235 g/mol. The summed E-state index contributed by atoms with van der Waals surface area (Å²) in [7, 11) is 0. The Balaban J connectivity index is 2.32. The molecule has 2 aromatic rings. The van der Waals surface area contributed by atoms with Gasteiger partial charge in [0.2, 0.25) is 0 Å². The standard InChI is InChI=1S/C11H14FN5/c1-8-3-4-9(7-10(8)12)11-14-15-16-17(11)6-2-5-13/h3-4,7H,2,5-6,13H2,1H3. The summed E-state index contributed by atoms with van der Waals surface area (Å²) >= 11 is 0. The molecule has 90 valence electrons. The van der Waals surface area contributed by atoms with Crippen molar-refractivity contribution in [3.05, 3.63) is 29.6 Å². The van der Waals surface area contributed by atoms with Crippen LogP contribution in [0, 0.1) is 12.7 Å². The van der Waals surface area contributed by atoms with Crippen molar-refractivity contribution in [2.75, 3.05) is 6.54 Å². The molecule has 2 N–H and O–H groups in total. The van der Waals surface area contributed by atoms with Gasteiger partial charge in [-0.15, -0.1) is 5.10 Å². The van der Waals surface area contributed by atoms with Gasteiger partial charge in [0.25, 0.3) is 0 Å². The molecule has 0 saturated heterocycles. The van der Waals surface area contributed by atoms with E-state index in [0.717, 1.165) is 6.42 Å². The van der Waals surface area contributed by atoms with Gasteiger partial charge in [-0.25, -0.2) is 9.07 Å². The lowest BCUT2D eigenvalue weighted by molar-refractivity contribution is 0.568. The normalized spacial score (nSPS) is 10.8. The topological polar surface area (TPSA) is 69.6 Å². The van der Waals surface area contributed by atoms with E-state index in [0.29, 0.717) is 30.0 Å². The predicted octanol–water partition coefficient (Wildman–Crippen LogP) is 1.14. The van der Waals surface area contributed by atoms with E-state index in [1.165, 1.54) is 6.07 Å². The highest BCUT2D eigenvalue weighted by Gasteiger charge is 2.10. The quantitative estimate of drug-likeness (QED) is 0.862.